The molecule has 5 heteroatoms. The quantitative estimate of drug-likeness (QED) is 0.295. The van der Waals surface area contributed by atoms with Crippen molar-refractivity contribution in [1.82, 2.24) is 15.3 Å². The van der Waals surface area contributed by atoms with Crippen LogP contribution in [0.25, 0.3) is 10.9 Å². The molecule has 1 aliphatic rings. The van der Waals surface area contributed by atoms with Crippen molar-refractivity contribution in [2.75, 3.05) is 26.7 Å². The fraction of sp³-hybridized carbons (Fsp3) is 0.520. The van der Waals surface area contributed by atoms with E-state index in [2.05, 4.69) is 49.3 Å². The summed E-state index contributed by atoms with van der Waals surface area (Å²) in [4.78, 5) is 15.2. The highest BCUT2D eigenvalue weighted by molar-refractivity contribution is 6.16. The zero-order valence-electron chi connectivity index (χ0n) is 19.3. The first-order valence-electron chi connectivity index (χ1n) is 11.2. The van der Waals surface area contributed by atoms with E-state index in [1.807, 2.05) is 25.9 Å². The van der Waals surface area contributed by atoms with Crippen molar-refractivity contribution >= 4 is 22.9 Å². The highest BCUT2D eigenvalue weighted by atomic mass is 16.1. The van der Waals surface area contributed by atoms with Gasteiger partial charge in [0.15, 0.2) is 0 Å². The lowest BCUT2D eigenvalue weighted by atomic mass is 9.88. The molecule has 162 valence electrons. The van der Waals surface area contributed by atoms with Crippen molar-refractivity contribution < 1.29 is 4.79 Å². The predicted molar refractivity (Wildman–Crippen MR) is 127 cm³/mol. The Morgan fingerprint density at radius 3 is 2.57 bits per heavy atom. The summed E-state index contributed by atoms with van der Waals surface area (Å²) in [6.07, 6.45) is 3.30. The van der Waals surface area contributed by atoms with Gasteiger partial charge >= 0.3 is 0 Å². The van der Waals surface area contributed by atoms with Crippen LogP contribution < -0.4 is 5.32 Å². The molecule has 2 heterocycles. The normalized spacial score (nSPS) is 16.8. The lowest BCUT2D eigenvalue weighted by molar-refractivity contribution is -0.104. The molecule has 0 amide bonds. The number of allylic oxidation sites excluding steroid dienone is 2. The number of piperidine rings is 1. The number of aromatic amines is 1. The van der Waals surface area contributed by atoms with Crippen molar-refractivity contribution in [3.05, 3.63) is 46.2 Å². The summed E-state index contributed by atoms with van der Waals surface area (Å²) in [6.45, 7) is 13.4. The number of nitrogens with zero attached hydrogens (tertiary/aromatic N) is 2. The van der Waals surface area contributed by atoms with E-state index in [0.717, 1.165) is 48.4 Å². The van der Waals surface area contributed by atoms with Gasteiger partial charge in [0.2, 0.25) is 0 Å². The number of hydrogen-bond acceptors (Lipinski definition) is 4. The molecule has 1 fully saturated rings. The fourth-order valence-electron chi connectivity index (χ4n) is 4.26. The monoisotopic (exact) mass is 408 g/mol. The molecule has 2 N–H and O–H groups in total. The highest BCUT2D eigenvalue weighted by Crippen LogP contribution is 2.35. The van der Waals surface area contributed by atoms with Crippen LogP contribution in [0.5, 0.6) is 0 Å². The average molecular weight is 409 g/mol. The van der Waals surface area contributed by atoms with E-state index in [1.54, 1.807) is 0 Å². The van der Waals surface area contributed by atoms with Gasteiger partial charge in [0.25, 0.3) is 0 Å². The topological polar surface area (TPSA) is 60.5 Å². The Hall–Kier alpha value is -2.40. The van der Waals surface area contributed by atoms with Gasteiger partial charge in [0.05, 0.1) is 5.69 Å². The Balaban J connectivity index is 2.21. The molecule has 0 bridgehead atoms. The molecule has 0 radical (unpaired) electrons. The molecule has 0 unspecified atom stereocenters. The van der Waals surface area contributed by atoms with Crippen molar-refractivity contribution in [1.29, 1.82) is 0 Å². The Labute approximate surface area is 180 Å². The summed E-state index contributed by atoms with van der Waals surface area (Å²) < 4.78 is 0. The lowest BCUT2D eigenvalue weighted by Crippen LogP contribution is -2.26. The first kappa shape index (κ1) is 22.3. The minimum Gasteiger partial charge on any atom is -0.353 e. The predicted octanol–water partition coefficient (Wildman–Crippen LogP) is 4.95. The number of hydrogen-bond donors (Lipinski definition) is 2. The molecule has 1 aliphatic heterocycles. The molecule has 1 aromatic heterocycles. The summed E-state index contributed by atoms with van der Waals surface area (Å²) in [5, 5.41) is 11.5. The maximum Gasteiger partial charge on any atom is 0.146 e. The Morgan fingerprint density at radius 1 is 1.27 bits per heavy atom. The fourth-order valence-corrected chi connectivity index (χ4v) is 4.26. The first-order valence-corrected chi connectivity index (χ1v) is 11.2. The number of benzene rings is 1. The number of H-pyrrole nitrogens is 1. The van der Waals surface area contributed by atoms with Crippen LogP contribution in [-0.2, 0) is 4.79 Å². The highest BCUT2D eigenvalue weighted by Gasteiger charge is 2.23. The van der Waals surface area contributed by atoms with E-state index in [-0.39, 0.29) is 0 Å². The van der Waals surface area contributed by atoms with Gasteiger partial charge in [-0.15, -0.1) is 0 Å². The largest absolute Gasteiger partial charge is 0.353 e. The van der Waals surface area contributed by atoms with Gasteiger partial charge in [-0.25, -0.2) is 0 Å². The van der Waals surface area contributed by atoms with Gasteiger partial charge in [-0.2, -0.15) is 5.10 Å². The van der Waals surface area contributed by atoms with E-state index in [0.29, 0.717) is 17.4 Å². The van der Waals surface area contributed by atoms with Crippen LogP contribution in [0, 0.1) is 0 Å². The summed E-state index contributed by atoms with van der Waals surface area (Å²) in [6, 6.07) is 6.87. The number of carbonyl (C=O) groups is 1. The summed E-state index contributed by atoms with van der Waals surface area (Å²) in [5.41, 5.74) is 7.35. The van der Waals surface area contributed by atoms with Gasteiger partial charge in [-0.3, -0.25) is 9.80 Å². The molecule has 0 aliphatic carbocycles. The molecule has 1 saturated heterocycles. The average Bonchev–Trinajstić information content (AvgIpc) is 3.15. The van der Waals surface area contributed by atoms with E-state index in [4.69, 9.17) is 5.10 Å². The second-order valence-corrected chi connectivity index (χ2v) is 8.75. The molecule has 30 heavy (non-hydrogen) atoms. The number of hydrazone groups is 1. The summed E-state index contributed by atoms with van der Waals surface area (Å²) in [7, 11) is 1.97. The van der Waals surface area contributed by atoms with E-state index in [1.165, 1.54) is 29.4 Å². The minimum atomic E-state index is 0.332. The van der Waals surface area contributed by atoms with E-state index in [9.17, 15) is 4.79 Å². The van der Waals surface area contributed by atoms with Crippen molar-refractivity contribution in [3.8, 4) is 0 Å². The zero-order valence-corrected chi connectivity index (χ0v) is 19.3. The smallest absolute Gasteiger partial charge is 0.146 e. The number of rotatable bonds is 7. The third-order valence-corrected chi connectivity index (χ3v) is 6.34. The third-order valence-electron chi connectivity index (χ3n) is 6.34. The molecule has 2 aromatic rings. The first-order chi connectivity index (χ1) is 14.4. The van der Waals surface area contributed by atoms with Gasteiger partial charge < -0.3 is 10.3 Å². The Kier molecular flexibility index (Phi) is 7.14. The number of aromatic nitrogens is 1. The van der Waals surface area contributed by atoms with Crippen molar-refractivity contribution in [2.45, 2.75) is 59.3 Å². The van der Waals surface area contributed by atoms with Crippen molar-refractivity contribution in [2.24, 2.45) is 5.10 Å². The second kappa shape index (κ2) is 9.61. The van der Waals surface area contributed by atoms with Crippen LogP contribution >= 0.6 is 0 Å². The van der Waals surface area contributed by atoms with Crippen LogP contribution in [0.3, 0.4) is 0 Å². The second-order valence-electron chi connectivity index (χ2n) is 8.75. The van der Waals surface area contributed by atoms with E-state index < -0.39 is 0 Å². The zero-order chi connectivity index (χ0) is 21.8. The van der Waals surface area contributed by atoms with Crippen LogP contribution in [0.15, 0.2) is 34.4 Å². The minimum absolute atomic E-state index is 0.332. The van der Waals surface area contributed by atoms with Crippen LogP contribution in [0.4, 0.5) is 0 Å². The molecule has 0 spiro atoms. The number of nitrogens with one attached hydrogen (secondary N) is 2. The Bertz CT molecular complexity index is 961. The molecule has 3 rings (SSSR count). The molecule has 0 saturated carbocycles. The van der Waals surface area contributed by atoms with E-state index >= 15 is 0 Å². The van der Waals surface area contributed by atoms with Crippen molar-refractivity contribution in [3.63, 3.8) is 0 Å². The summed E-state index contributed by atoms with van der Waals surface area (Å²) >= 11 is 0. The standard InChI is InChI=1S/C25H36N4O/c1-7-29(6)28-24(18(5)17(4)15-30)25-23(16(2)3)21-14-20(8-9-22(21)27-25)19-10-12-26-13-11-19/h8-9,14-16,19,26-27H,7,10-13H2,1-6H3/b18-17-,28-24+. The lowest BCUT2D eigenvalue weighted by Gasteiger charge is -2.23. The maximum atomic E-state index is 11.5. The third kappa shape index (κ3) is 4.51. The van der Waals surface area contributed by atoms with Crippen LogP contribution in [0.2, 0.25) is 0 Å². The molecular weight excluding hydrogens is 372 g/mol. The molecule has 5 nitrogen and oxygen atoms in total. The number of aldehydes is 1. The Morgan fingerprint density at radius 2 is 1.97 bits per heavy atom. The van der Waals surface area contributed by atoms with Crippen LogP contribution in [0.1, 0.15) is 76.1 Å². The molecule has 1 aromatic carbocycles. The number of fused-ring (bicyclic) bond motifs is 1. The van der Waals surface area contributed by atoms with Gasteiger partial charge in [0, 0.05) is 24.5 Å². The van der Waals surface area contributed by atoms with Gasteiger partial charge in [-0.05, 0) is 92.9 Å². The van der Waals surface area contributed by atoms with Gasteiger partial charge in [-0.1, -0.05) is 19.9 Å². The van der Waals surface area contributed by atoms with Crippen LogP contribution in [-0.4, -0.2) is 48.7 Å². The van der Waals surface area contributed by atoms with Gasteiger partial charge in [0.1, 0.15) is 12.0 Å². The molecular formula is C25H36N4O. The maximum absolute atomic E-state index is 11.5. The summed E-state index contributed by atoms with van der Waals surface area (Å²) in [5.74, 6) is 0.950. The number of carbonyl (C=O) groups excluding carboxylic acids is 1. The SMILES string of the molecule is CCN(C)/N=C(\C(C)=C(\C)C=O)c1[nH]c2ccc(C3CCNCC3)cc2c1C(C)C. The molecule has 0 atom stereocenters.